The summed E-state index contributed by atoms with van der Waals surface area (Å²) in [5.41, 5.74) is -0.371. The molecule has 0 radical (unpaired) electrons. The van der Waals surface area contributed by atoms with Crippen LogP contribution in [-0.4, -0.2) is 66.9 Å². The number of nitrogens with zero attached hydrogens (tertiary/aromatic N) is 2. The molecule has 4 rings (SSSR count). The Bertz CT molecular complexity index is 887. The number of Topliss-reactive ketones (excluding diaryl/α,β-unsaturated/α-hetero) is 1. The van der Waals surface area contributed by atoms with E-state index in [-0.39, 0.29) is 36.6 Å². The lowest BCUT2D eigenvalue weighted by atomic mass is 9.69. The van der Waals surface area contributed by atoms with Gasteiger partial charge in [-0.05, 0) is 49.3 Å². The van der Waals surface area contributed by atoms with Crippen LogP contribution < -0.4 is 4.74 Å². The Hall–Kier alpha value is -2.41. The largest absolute Gasteiger partial charge is 0.497 e. The molecule has 7 heteroatoms. The highest BCUT2D eigenvalue weighted by Gasteiger charge is 2.62. The third-order valence-electron chi connectivity index (χ3n) is 7.62. The minimum Gasteiger partial charge on any atom is -0.497 e. The van der Waals surface area contributed by atoms with Gasteiger partial charge in [0.05, 0.1) is 20.6 Å². The summed E-state index contributed by atoms with van der Waals surface area (Å²) in [4.78, 5) is 44.1. The number of likely N-dealkylation sites (tertiary alicyclic amines) is 1. The van der Waals surface area contributed by atoms with Gasteiger partial charge >= 0.3 is 5.97 Å². The number of fused-ring (bicyclic) bond motifs is 2. The number of carbonyl (C=O) groups is 3. The average Bonchev–Trinajstić information content (AvgIpc) is 3.11. The molecule has 3 heterocycles. The smallest absolute Gasteiger partial charge is 0.321 e. The van der Waals surface area contributed by atoms with Gasteiger partial charge in [0.1, 0.15) is 5.75 Å². The number of carbonyl (C=O) groups excluding carboxylic acids is 3. The van der Waals surface area contributed by atoms with Crippen molar-refractivity contribution in [3.63, 3.8) is 0 Å². The summed E-state index contributed by atoms with van der Waals surface area (Å²) >= 11 is 0. The lowest BCUT2D eigenvalue weighted by molar-refractivity contribution is -0.171. The highest BCUT2D eigenvalue weighted by Crippen LogP contribution is 2.48. The maximum absolute atomic E-state index is 13.4. The maximum Gasteiger partial charge on any atom is 0.321 e. The molecule has 1 amide bonds. The van der Waals surface area contributed by atoms with Crippen molar-refractivity contribution in [1.82, 2.24) is 9.80 Å². The zero-order valence-electron chi connectivity index (χ0n) is 19.3. The number of rotatable bonds is 6. The topological polar surface area (TPSA) is 76.2 Å². The molecule has 0 aromatic heterocycles. The van der Waals surface area contributed by atoms with Crippen LogP contribution in [0.4, 0.5) is 0 Å². The summed E-state index contributed by atoms with van der Waals surface area (Å²) in [7, 11) is 2.95. The molecule has 1 aromatic carbocycles. The molecule has 0 N–H and O–H groups in total. The van der Waals surface area contributed by atoms with E-state index < -0.39 is 11.4 Å². The predicted octanol–water partition coefficient (Wildman–Crippen LogP) is 2.81. The van der Waals surface area contributed by atoms with Crippen LogP contribution in [0.1, 0.15) is 51.0 Å². The van der Waals surface area contributed by atoms with Crippen LogP contribution in [-0.2, 0) is 25.7 Å². The van der Waals surface area contributed by atoms with Crippen LogP contribution in [0.15, 0.2) is 24.3 Å². The molecule has 7 nitrogen and oxygen atoms in total. The van der Waals surface area contributed by atoms with Crippen molar-refractivity contribution in [1.29, 1.82) is 0 Å². The molecule has 3 aliphatic rings. The average molecular weight is 443 g/mol. The quantitative estimate of drug-likeness (QED) is 0.498. The minimum absolute atomic E-state index is 0.0848. The number of ether oxygens (including phenoxy) is 2. The molecule has 32 heavy (non-hydrogen) atoms. The van der Waals surface area contributed by atoms with Crippen molar-refractivity contribution in [3.8, 4) is 5.75 Å². The summed E-state index contributed by atoms with van der Waals surface area (Å²) in [6, 6.07) is 7.60. The van der Waals surface area contributed by atoms with Gasteiger partial charge in [-0.3, -0.25) is 19.3 Å². The first-order valence-electron chi connectivity index (χ1n) is 11.7. The number of hydrogen-bond donors (Lipinski definition) is 0. The molecule has 3 saturated heterocycles. The number of amides is 1. The van der Waals surface area contributed by atoms with Crippen molar-refractivity contribution in [3.05, 3.63) is 29.8 Å². The van der Waals surface area contributed by atoms with Gasteiger partial charge in [-0.2, -0.15) is 0 Å². The van der Waals surface area contributed by atoms with E-state index in [4.69, 9.17) is 9.47 Å². The van der Waals surface area contributed by atoms with Gasteiger partial charge in [0.15, 0.2) is 11.2 Å². The van der Waals surface area contributed by atoms with Gasteiger partial charge in [-0.1, -0.05) is 19.1 Å². The van der Waals surface area contributed by atoms with Gasteiger partial charge in [-0.15, -0.1) is 0 Å². The Balaban J connectivity index is 1.63. The number of piperidine rings is 2. The molecule has 3 fully saturated rings. The van der Waals surface area contributed by atoms with E-state index in [1.807, 2.05) is 29.2 Å². The van der Waals surface area contributed by atoms with Gasteiger partial charge in [0.2, 0.25) is 5.91 Å². The van der Waals surface area contributed by atoms with Crippen LogP contribution >= 0.6 is 0 Å². The standard InChI is InChI=1S/C25H34N2O5/c1-17-6-5-11-26(15-17)23(29)14-25(24(30)32-3)21-10-9-19(13-22(25)28)27(21)16-18-7-4-8-20(12-18)31-2/h4,7-8,12,17,19,21H,5-6,9-11,13-16H2,1-3H3/t17-,19+,21+,25-/m0/s1. The molecular formula is C25H34N2O5. The zero-order chi connectivity index (χ0) is 22.9. The lowest BCUT2D eigenvalue weighted by Crippen LogP contribution is -2.61. The number of benzene rings is 1. The molecule has 1 aromatic rings. The SMILES string of the molecule is COC(=O)[C@]1(CC(=O)N2CCC[C@H](C)C2)C(=O)C[C@H]2CC[C@H]1N2Cc1cccc(OC)c1. The molecule has 4 atom stereocenters. The first kappa shape index (κ1) is 22.8. The van der Waals surface area contributed by atoms with Gasteiger partial charge in [-0.25, -0.2) is 0 Å². The van der Waals surface area contributed by atoms with Crippen LogP contribution in [0.3, 0.4) is 0 Å². The minimum atomic E-state index is -1.43. The normalized spacial score (nSPS) is 30.3. The first-order chi connectivity index (χ1) is 15.4. The lowest BCUT2D eigenvalue weighted by Gasteiger charge is -2.46. The third-order valence-corrected chi connectivity index (χ3v) is 7.62. The Kier molecular flexibility index (Phi) is 6.56. The van der Waals surface area contributed by atoms with E-state index >= 15 is 0 Å². The van der Waals surface area contributed by atoms with Crippen molar-refractivity contribution in [2.75, 3.05) is 27.3 Å². The summed E-state index contributed by atoms with van der Waals surface area (Å²) in [6.07, 6.45) is 3.78. The third kappa shape index (κ3) is 4.03. The number of methoxy groups -OCH3 is 2. The Morgan fingerprint density at radius 3 is 2.72 bits per heavy atom. The van der Waals surface area contributed by atoms with Crippen LogP contribution in [0.2, 0.25) is 0 Å². The second-order valence-electron chi connectivity index (χ2n) is 9.62. The highest BCUT2D eigenvalue weighted by molar-refractivity contribution is 6.08. The summed E-state index contributed by atoms with van der Waals surface area (Å²) in [6.45, 7) is 4.12. The highest BCUT2D eigenvalue weighted by atomic mass is 16.5. The monoisotopic (exact) mass is 442 g/mol. The molecule has 0 spiro atoms. The second-order valence-corrected chi connectivity index (χ2v) is 9.62. The molecule has 0 unspecified atom stereocenters. The van der Waals surface area contributed by atoms with Crippen molar-refractivity contribution in [2.24, 2.45) is 11.3 Å². The van der Waals surface area contributed by atoms with Crippen LogP contribution in [0.5, 0.6) is 5.75 Å². The van der Waals surface area contributed by atoms with Crippen molar-refractivity contribution < 1.29 is 23.9 Å². The van der Waals surface area contributed by atoms with E-state index in [1.54, 1.807) is 7.11 Å². The summed E-state index contributed by atoms with van der Waals surface area (Å²) < 4.78 is 10.5. The molecule has 174 valence electrons. The van der Waals surface area contributed by atoms with E-state index in [1.165, 1.54) is 7.11 Å². The number of hydrogen-bond acceptors (Lipinski definition) is 6. The van der Waals surface area contributed by atoms with Gasteiger partial charge in [0, 0.05) is 38.1 Å². The summed E-state index contributed by atoms with van der Waals surface area (Å²) in [5.74, 6) is 0.391. The van der Waals surface area contributed by atoms with Crippen molar-refractivity contribution in [2.45, 2.75) is 64.1 Å². The zero-order valence-corrected chi connectivity index (χ0v) is 19.3. The predicted molar refractivity (Wildman–Crippen MR) is 119 cm³/mol. The molecular weight excluding hydrogens is 408 g/mol. The number of esters is 1. The van der Waals surface area contributed by atoms with Crippen LogP contribution in [0, 0.1) is 11.3 Å². The second kappa shape index (κ2) is 9.22. The van der Waals surface area contributed by atoms with E-state index in [9.17, 15) is 14.4 Å². The van der Waals surface area contributed by atoms with E-state index in [2.05, 4.69) is 11.8 Å². The Labute approximate surface area is 190 Å². The molecule has 3 aliphatic heterocycles. The fourth-order valence-corrected chi connectivity index (χ4v) is 5.97. The molecule has 0 saturated carbocycles. The van der Waals surface area contributed by atoms with Gasteiger partial charge < -0.3 is 14.4 Å². The van der Waals surface area contributed by atoms with E-state index in [0.29, 0.717) is 32.0 Å². The first-order valence-corrected chi connectivity index (χ1v) is 11.7. The maximum atomic E-state index is 13.4. The van der Waals surface area contributed by atoms with Gasteiger partial charge in [0.25, 0.3) is 0 Å². The number of ketones is 1. The summed E-state index contributed by atoms with van der Waals surface area (Å²) in [5, 5.41) is 0. The molecule has 2 bridgehead atoms. The van der Waals surface area contributed by atoms with Crippen LogP contribution in [0.25, 0.3) is 0 Å². The fourth-order valence-electron chi connectivity index (χ4n) is 5.97. The molecule has 0 aliphatic carbocycles. The van der Waals surface area contributed by atoms with E-state index in [0.717, 1.165) is 30.6 Å². The Morgan fingerprint density at radius 1 is 1.19 bits per heavy atom. The fraction of sp³-hybridized carbons (Fsp3) is 0.640. The Morgan fingerprint density at radius 2 is 2.00 bits per heavy atom. The van der Waals surface area contributed by atoms with Crippen molar-refractivity contribution >= 4 is 17.7 Å².